The molecule has 0 heterocycles. The molecular formula is C16H18FNO3. The van der Waals surface area contributed by atoms with Crippen molar-refractivity contribution >= 4 is 11.9 Å². The summed E-state index contributed by atoms with van der Waals surface area (Å²) in [7, 11) is 0. The molecule has 0 aliphatic heterocycles. The number of aliphatic carboxylic acids is 1. The molecule has 2 atom stereocenters. The SMILES string of the molecule is O=C(NC1(C(=O)O)CCCC1)C1CC1c1ccc(F)cc1. The zero-order valence-corrected chi connectivity index (χ0v) is 11.6. The molecule has 1 aromatic carbocycles. The summed E-state index contributed by atoms with van der Waals surface area (Å²) in [6, 6.07) is 6.16. The van der Waals surface area contributed by atoms with Gasteiger partial charge in [0, 0.05) is 5.92 Å². The van der Waals surface area contributed by atoms with Crippen molar-refractivity contribution in [1.29, 1.82) is 0 Å². The van der Waals surface area contributed by atoms with Gasteiger partial charge in [-0.2, -0.15) is 0 Å². The van der Waals surface area contributed by atoms with Crippen molar-refractivity contribution in [3.05, 3.63) is 35.6 Å². The first kappa shape index (κ1) is 14.0. The molecule has 2 unspecified atom stereocenters. The van der Waals surface area contributed by atoms with E-state index in [1.165, 1.54) is 12.1 Å². The van der Waals surface area contributed by atoms with Crippen LogP contribution >= 0.6 is 0 Å². The maximum Gasteiger partial charge on any atom is 0.329 e. The van der Waals surface area contributed by atoms with Gasteiger partial charge in [-0.3, -0.25) is 4.79 Å². The molecule has 1 aromatic rings. The molecule has 2 saturated carbocycles. The molecule has 21 heavy (non-hydrogen) atoms. The highest BCUT2D eigenvalue weighted by atomic mass is 19.1. The molecule has 0 spiro atoms. The second kappa shape index (κ2) is 5.13. The number of carbonyl (C=O) groups excluding carboxylic acids is 1. The van der Waals surface area contributed by atoms with E-state index in [4.69, 9.17) is 0 Å². The largest absolute Gasteiger partial charge is 0.480 e. The van der Waals surface area contributed by atoms with E-state index in [9.17, 15) is 19.1 Å². The molecule has 0 aromatic heterocycles. The van der Waals surface area contributed by atoms with Gasteiger partial charge in [0.15, 0.2) is 0 Å². The summed E-state index contributed by atoms with van der Waals surface area (Å²) in [6.07, 6.45) is 3.37. The zero-order valence-electron chi connectivity index (χ0n) is 11.6. The van der Waals surface area contributed by atoms with Crippen molar-refractivity contribution in [3.8, 4) is 0 Å². The molecule has 0 saturated heterocycles. The molecule has 112 valence electrons. The van der Waals surface area contributed by atoms with Crippen LogP contribution < -0.4 is 5.32 Å². The lowest BCUT2D eigenvalue weighted by molar-refractivity contribution is -0.147. The Labute approximate surface area is 122 Å². The molecular weight excluding hydrogens is 273 g/mol. The maximum absolute atomic E-state index is 12.9. The fraction of sp³-hybridized carbons (Fsp3) is 0.500. The number of hydrogen-bond donors (Lipinski definition) is 2. The van der Waals surface area contributed by atoms with Gasteiger partial charge in [-0.25, -0.2) is 9.18 Å². The highest BCUT2D eigenvalue weighted by Gasteiger charge is 2.49. The Bertz CT molecular complexity index is 563. The fourth-order valence-electron chi connectivity index (χ4n) is 3.26. The standard InChI is InChI=1S/C16H18FNO3/c17-11-5-3-10(4-6-11)12-9-13(12)14(19)18-16(15(20)21)7-1-2-8-16/h3-6,12-13H,1-2,7-9H2,(H,18,19)(H,20,21). The Kier molecular flexibility index (Phi) is 3.43. The summed E-state index contributed by atoms with van der Waals surface area (Å²) >= 11 is 0. The second-order valence-corrected chi connectivity index (χ2v) is 6.08. The highest BCUT2D eigenvalue weighted by molar-refractivity contribution is 5.90. The van der Waals surface area contributed by atoms with Gasteiger partial charge in [0.05, 0.1) is 0 Å². The number of carbonyl (C=O) groups is 2. The average Bonchev–Trinajstić information content (AvgIpc) is 3.12. The molecule has 4 nitrogen and oxygen atoms in total. The lowest BCUT2D eigenvalue weighted by Crippen LogP contribution is -2.53. The predicted molar refractivity (Wildman–Crippen MR) is 74.2 cm³/mol. The predicted octanol–water partition coefficient (Wildman–Crippen LogP) is 2.44. The van der Waals surface area contributed by atoms with Gasteiger partial charge in [0.1, 0.15) is 11.4 Å². The Hall–Kier alpha value is -1.91. The fourth-order valence-corrected chi connectivity index (χ4v) is 3.26. The number of amides is 1. The van der Waals surface area contributed by atoms with E-state index in [0.717, 1.165) is 18.4 Å². The quantitative estimate of drug-likeness (QED) is 0.895. The first-order chi connectivity index (χ1) is 10.0. The molecule has 0 radical (unpaired) electrons. The van der Waals surface area contributed by atoms with Crippen LogP contribution in [-0.4, -0.2) is 22.5 Å². The van der Waals surface area contributed by atoms with Gasteiger partial charge in [-0.05, 0) is 42.9 Å². The smallest absolute Gasteiger partial charge is 0.329 e. The number of nitrogens with one attached hydrogen (secondary N) is 1. The number of hydrogen-bond acceptors (Lipinski definition) is 2. The Morgan fingerprint density at radius 3 is 2.38 bits per heavy atom. The van der Waals surface area contributed by atoms with Gasteiger partial charge in [-0.15, -0.1) is 0 Å². The number of halogens is 1. The molecule has 2 N–H and O–H groups in total. The van der Waals surface area contributed by atoms with E-state index in [1.807, 2.05) is 0 Å². The van der Waals surface area contributed by atoms with Crippen LogP contribution in [0.1, 0.15) is 43.6 Å². The van der Waals surface area contributed by atoms with Crippen molar-refractivity contribution in [2.45, 2.75) is 43.6 Å². The number of rotatable bonds is 4. The van der Waals surface area contributed by atoms with Crippen LogP contribution in [0.25, 0.3) is 0 Å². The molecule has 5 heteroatoms. The molecule has 1 amide bonds. The number of carboxylic acids is 1. The molecule has 2 aliphatic rings. The third-order valence-corrected chi connectivity index (χ3v) is 4.65. The first-order valence-electron chi connectivity index (χ1n) is 7.33. The monoisotopic (exact) mass is 291 g/mol. The van der Waals surface area contributed by atoms with E-state index in [-0.39, 0.29) is 23.6 Å². The molecule has 2 fully saturated rings. The van der Waals surface area contributed by atoms with Gasteiger partial charge in [0.2, 0.25) is 5.91 Å². The van der Waals surface area contributed by atoms with Crippen LogP contribution in [0.2, 0.25) is 0 Å². The van der Waals surface area contributed by atoms with Crippen LogP contribution in [0, 0.1) is 11.7 Å². The normalized spacial score (nSPS) is 26.3. The number of carboxylic acid groups (broad SMARTS) is 1. The van der Waals surface area contributed by atoms with Crippen LogP contribution in [0.5, 0.6) is 0 Å². The third-order valence-electron chi connectivity index (χ3n) is 4.65. The minimum absolute atomic E-state index is 0.0813. The van der Waals surface area contributed by atoms with E-state index in [1.54, 1.807) is 12.1 Å². The van der Waals surface area contributed by atoms with Crippen molar-refractivity contribution < 1.29 is 19.1 Å². The van der Waals surface area contributed by atoms with Gasteiger partial charge >= 0.3 is 5.97 Å². The summed E-state index contributed by atoms with van der Waals surface area (Å²) in [5.41, 5.74) is -0.139. The van der Waals surface area contributed by atoms with Crippen LogP contribution in [0.4, 0.5) is 4.39 Å². The average molecular weight is 291 g/mol. The lowest BCUT2D eigenvalue weighted by Gasteiger charge is -2.25. The summed E-state index contributed by atoms with van der Waals surface area (Å²) in [5, 5.41) is 12.1. The third kappa shape index (κ3) is 2.64. The van der Waals surface area contributed by atoms with Crippen molar-refractivity contribution in [2.75, 3.05) is 0 Å². The number of benzene rings is 1. The van der Waals surface area contributed by atoms with Crippen molar-refractivity contribution in [2.24, 2.45) is 5.92 Å². The summed E-state index contributed by atoms with van der Waals surface area (Å²) in [6.45, 7) is 0. The van der Waals surface area contributed by atoms with Crippen molar-refractivity contribution in [1.82, 2.24) is 5.32 Å². The van der Waals surface area contributed by atoms with Crippen molar-refractivity contribution in [3.63, 3.8) is 0 Å². The van der Waals surface area contributed by atoms with Crippen LogP contribution in [0.15, 0.2) is 24.3 Å². The Balaban J connectivity index is 1.65. The minimum Gasteiger partial charge on any atom is -0.480 e. The highest BCUT2D eigenvalue weighted by Crippen LogP contribution is 2.48. The Morgan fingerprint density at radius 2 is 1.81 bits per heavy atom. The molecule has 3 rings (SSSR count). The summed E-state index contributed by atoms with van der Waals surface area (Å²) in [4.78, 5) is 23.7. The topological polar surface area (TPSA) is 66.4 Å². The first-order valence-corrected chi connectivity index (χ1v) is 7.33. The molecule has 2 aliphatic carbocycles. The van der Waals surface area contributed by atoms with Gasteiger partial charge < -0.3 is 10.4 Å². The van der Waals surface area contributed by atoms with Crippen LogP contribution in [-0.2, 0) is 9.59 Å². The summed E-state index contributed by atoms with van der Waals surface area (Å²) in [5.74, 6) is -1.53. The van der Waals surface area contributed by atoms with Crippen LogP contribution in [0.3, 0.4) is 0 Å². The van der Waals surface area contributed by atoms with E-state index in [2.05, 4.69) is 5.32 Å². The van der Waals surface area contributed by atoms with E-state index < -0.39 is 11.5 Å². The zero-order chi connectivity index (χ0) is 15.0. The van der Waals surface area contributed by atoms with Gasteiger partial charge in [-0.1, -0.05) is 25.0 Å². The maximum atomic E-state index is 12.9. The van der Waals surface area contributed by atoms with E-state index >= 15 is 0 Å². The van der Waals surface area contributed by atoms with Gasteiger partial charge in [0.25, 0.3) is 0 Å². The Morgan fingerprint density at radius 1 is 1.19 bits per heavy atom. The lowest BCUT2D eigenvalue weighted by atomic mass is 9.97. The minimum atomic E-state index is -1.08. The van der Waals surface area contributed by atoms with E-state index in [0.29, 0.717) is 19.3 Å². The molecule has 0 bridgehead atoms. The summed E-state index contributed by atoms with van der Waals surface area (Å²) < 4.78 is 12.9. The second-order valence-electron chi connectivity index (χ2n) is 6.08.